The van der Waals surface area contributed by atoms with Crippen LogP contribution in [0.25, 0.3) is 10.8 Å². The molecule has 0 amide bonds. The lowest BCUT2D eigenvalue weighted by molar-refractivity contribution is -0.153. The molecular weight excluding hydrogens is 445 g/mol. The average Bonchev–Trinajstić information content (AvgIpc) is 2.78. The third-order valence-electron chi connectivity index (χ3n) is 4.40. The third kappa shape index (κ3) is 4.47. The van der Waals surface area contributed by atoms with Crippen LogP contribution >= 0.6 is 0 Å². The molecule has 11 heteroatoms. The monoisotopic (exact) mass is 460 g/mol. The lowest BCUT2D eigenvalue weighted by Crippen LogP contribution is -2.28. The second-order valence-corrected chi connectivity index (χ2v) is 8.38. The first-order valence-electron chi connectivity index (χ1n) is 9.19. The van der Waals surface area contributed by atoms with Crippen molar-refractivity contribution in [2.24, 2.45) is 0 Å². The zero-order valence-corrected chi connectivity index (χ0v) is 17.1. The van der Waals surface area contributed by atoms with Crippen LogP contribution in [0.15, 0.2) is 84.4 Å². The number of benzene rings is 2. The molecule has 4 aromatic rings. The third-order valence-corrected chi connectivity index (χ3v) is 6.11. The summed E-state index contributed by atoms with van der Waals surface area (Å²) < 4.78 is 71.4. The van der Waals surface area contributed by atoms with Crippen LogP contribution in [0.5, 0.6) is 5.75 Å². The van der Waals surface area contributed by atoms with E-state index < -0.39 is 22.8 Å². The fourth-order valence-electron chi connectivity index (χ4n) is 3.01. The molecule has 2 heterocycles. The predicted molar refractivity (Wildman–Crippen MR) is 111 cm³/mol. The summed E-state index contributed by atoms with van der Waals surface area (Å²) in [5, 5.41) is 1.36. The summed E-state index contributed by atoms with van der Waals surface area (Å²) in [6.07, 6.45) is 0.993. The summed E-state index contributed by atoms with van der Waals surface area (Å²) in [7, 11) is -4.31. The van der Waals surface area contributed by atoms with Crippen molar-refractivity contribution in [3.8, 4) is 5.75 Å². The summed E-state index contributed by atoms with van der Waals surface area (Å²) in [5.74, 6) is -0.324. The maximum atomic E-state index is 13.7. The van der Waals surface area contributed by atoms with Crippen LogP contribution in [-0.2, 0) is 10.0 Å². The standard InChI is InChI=1S/C21H15F3N4O3S/c22-21(23,24)13-31-19-4-2-1-3-18(19)28(20-8-10-26-14-27-20)32(29,30)17-6-5-16-12-25-9-7-15(16)11-17/h1-12,14H,13H2. The average molecular weight is 460 g/mol. The molecule has 0 aliphatic carbocycles. The smallest absolute Gasteiger partial charge is 0.422 e. The van der Waals surface area contributed by atoms with Crippen LogP contribution in [0.4, 0.5) is 24.7 Å². The van der Waals surface area contributed by atoms with Crippen LogP contribution in [0.3, 0.4) is 0 Å². The number of nitrogens with zero attached hydrogens (tertiary/aromatic N) is 4. The molecule has 32 heavy (non-hydrogen) atoms. The highest BCUT2D eigenvalue weighted by Crippen LogP contribution is 2.38. The molecule has 0 unspecified atom stereocenters. The first kappa shape index (κ1) is 21.5. The zero-order chi connectivity index (χ0) is 22.8. The van der Waals surface area contributed by atoms with Crippen molar-refractivity contribution >= 4 is 32.3 Å². The van der Waals surface area contributed by atoms with Gasteiger partial charge in [0.15, 0.2) is 12.4 Å². The second kappa shape index (κ2) is 8.42. The summed E-state index contributed by atoms with van der Waals surface area (Å²) in [5.41, 5.74) is -0.120. The molecule has 0 aliphatic heterocycles. The SMILES string of the molecule is O=S(=O)(c1ccc2cnccc2c1)N(c1ccncn1)c1ccccc1OCC(F)(F)F. The number of ether oxygens (including phenoxy) is 1. The minimum Gasteiger partial charge on any atom is -0.482 e. The van der Waals surface area contributed by atoms with Crippen molar-refractivity contribution in [2.45, 2.75) is 11.1 Å². The molecule has 0 atom stereocenters. The Morgan fingerprint density at radius 3 is 2.47 bits per heavy atom. The van der Waals surface area contributed by atoms with Crippen molar-refractivity contribution in [3.63, 3.8) is 0 Å². The minimum atomic E-state index is -4.60. The number of fused-ring (bicyclic) bond motifs is 1. The minimum absolute atomic E-state index is 0.0575. The van der Waals surface area contributed by atoms with Gasteiger partial charge in [0, 0.05) is 30.0 Å². The van der Waals surface area contributed by atoms with Crippen LogP contribution in [0.1, 0.15) is 0 Å². The van der Waals surface area contributed by atoms with Crippen molar-refractivity contribution in [2.75, 3.05) is 10.9 Å². The Morgan fingerprint density at radius 1 is 0.938 bits per heavy atom. The molecule has 4 rings (SSSR count). The number of aromatic nitrogens is 3. The second-order valence-electron chi connectivity index (χ2n) is 6.59. The largest absolute Gasteiger partial charge is 0.482 e. The Bertz CT molecular complexity index is 1350. The maximum Gasteiger partial charge on any atom is 0.422 e. The Hall–Kier alpha value is -3.73. The van der Waals surface area contributed by atoms with Gasteiger partial charge in [0.2, 0.25) is 0 Å². The van der Waals surface area contributed by atoms with Gasteiger partial charge in [0.1, 0.15) is 17.8 Å². The van der Waals surface area contributed by atoms with E-state index in [1.54, 1.807) is 18.3 Å². The summed E-state index contributed by atoms with van der Waals surface area (Å²) in [4.78, 5) is 11.7. The van der Waals surface area contributed by atoms with E-state index in [0.29, 0.717) is 5.39 Å². The van der Waals surface area contributed by atoms with Gasteiger partial charge >= 0.3 is 6.18 Å². The van der Waals surface area contributed by atoms with Gasteiger partial charge < -0.3 is 4.74 Å². The molecule has 0 saturated heterocycles. The van der Waals surface area contributed by atoms with E-state index in [9.17, 15) is 21.6 Å². The van der Waals surface area contributed by atoms with E-state index in [2.05, 4.69) is 15.0 Å². The molecule has 0 saturated carbocycles. The number of anilines is 2. The van der Waals surface area contributed by atoms with Crippen LogP contribution in [0.2, 0.25) is 0 Å². The lowest BCUT2D eigenvalue weighted by Gasteiger charge is -2.25. The van der Waals surface area contributed by atoms with Gasteiger partial charge in [-0.25, -0.2) is 22.7 Å². The van der Waals surface area contributed by atoms with Crippen molar-refractivity contribution < 1.29 is 26.3 Å². The van der Waals surface area contributed by atoms with E-state index in [0.717, 1.165) is 16.0 Å². The molecule has 0 aliphatic rings. The number of halogens is 3. The Morgan fingerprint density at radius 2 is 1.72 bits per heavy atom. The number of hydrogen-bond acceptors (Lipinski definition) is 6. The van der Waals surface area contributed by atoms with Gasteiger partial charge in [-0.3, -0.25) is 4.98 Å². The van der Waals surface area contributed by atoms with Crippen LogP contribution < -0.4 is 9.04 Å². The van der Waals surface area contributed by atoms with Gasteiger partial charge in [-0.1, -0.05) is 18.2 Å². The zero-order valence-electron chi connectivity index (χ0n) is 16.3. The highest BCUT2D eigenvalue weighted by Gasteiger charge is 2.33. The highest BCUT2D eigenvalue weighted by atomic mass is 32.2. The lowest BCUT2D eigenvalue weighted by atomic mass is 10.2. The van der Waals surface area contributed by atoms with E-state index in [1.807, 2.05) is 0 Å². The van der Waals surface area contributed by atoms with Crippen LogP contribution in [0, 0.1) is 0 Å². The molecule has 7 nitrogen and oxygen atoms in total. The van der Waals surface area contributed by atoms with E-state index in [4.69, 9.17) is 4.74 Å². The molecule has 2 aromatic heterocycles. The van der Waals surface area contributed by atoms with Crippen molar-refractivity contribution in [3.05, 3.63) is 79.5 Å². The maximum absolute atomic E-state index is 13.7. The van der Waals surface area contributed by atoms with E-state index in [-0.39, 0.29) is 22.2 Å². The topological polar surface area (TPSA) is 85.3 Å². The molecule has 0 bridgehead atoms. The van der Waals surface area contributed by atoms with Crippen LogP contribution in [-0.4, -0.2) is 36.2 Å². The van der Waals surface area contributed by atoms with E-state index >= 15 is 0 Å². The molecule has 0 N–H and O–H groups in total. The van der Waals surface area contributed by atoms with Crippen molar-refractivity contribution in [1.82, 2.24) is 15.0 Å². The quantitative estimate of drug-likeness (QED) is 0.421. The molecular formula is C21H15F3N4O3S. The number of pyridine rings is 1. The Kier molecular flexibility index (Phi) is 5.66. The number of alkyl halides is 3. The van der Waals surface area contributed by atoms with E-state index in [1.165, 1.54) is 54.9 Å². The van der Waals surface area contributed by atoms with Gasteiger partial charge in [-0.05, 0) is 35.7 Å². The Balaban J connectivity index is 1.87. The molecule has 0 radical (unpaired) electrons. The number of para-hydroxylation sites is 2. The molecule has 164 valence electrons. The number of rotatable bonds is 6. The normalized spacial score (nSPS) is 12.0. The predicted octanol–water partition coefficient (Wildman–Crippen LogP) is 4.49. The highest BCUT2D eigenvalue weighted by molar-refractivity contribution is 7.93. The first-order chi connectivity index (χ1) is 15.3. The molecule has 0 spiro atoms. The summed E-state index contributed by atoms with van der Waals surface area (Å²) in [6, 6.07) is 13.0. The fourth-order valence-corrected chi connectivity index (χ4v) is 4.50. The van der Waals surface area contributed by atoms with Gasteiger partial charge in [0.05, 0.1) is 4.90 Å². The summed E-state index contributed by atoms with van der Waals surface area (Å²) >= 11 is 0. The van der Waals surface area contributed by atoms with Crippen molar-refractivity contribution in [1.29, 1.82) is 0 Å². The van der Waals surface area contributed by atoms with Gasteiger partial charge in [-0.2, -0.15) is 13.2 Å². The summed E-state index contributed by atoms with van der Waals surface area (Å²) in [6.45, 7) is -1.58. The first-order valence-corrected chi connectivity index (χ1v) is 10.6. The molecule has 2 aromatic carbocycles. The van der Waals surface area contributed by atoms with Gasteiger partial charge in [0.25, 0.3) is 10.0 Å². The number of hydrogen-bond donors (Lipinski definition) is 0. The Labute approximate surface area is 181 Å². The van der Waals surface area contributed by atoms with Gasteiger partial charge in [-0.15, -0.1) is 0 Å². The molecule has 0 fully saturated rings. The fraction of sp³-hybridized carbons (Fsp3) is 0.0952. The number of sulfonamides is 1.